The number of benzene rings is 1. The van der Waals surface area contributed by atoms with Gasteiger partial charge in [-0.1, -0.05) is 18.2 Å². The van der Waals surface area contributed by atoms with Gasteiger partial charge in [-0.3, -0.25) is 14.4 Å². The maximum Gasteiger partial charge on any atom is 0.254 e. The fourth-order valence-corrected chi connectivity index (χ4v) is 3.89. The minimum atomic E-state index is -0.0761. The van der Waals surface area contributed by atoms with Gasteiger partial charge in [0, 0.05) is 50.6 Å². The average Bonchev–Trinajstić information content (AvgIpc) is 3.23. The molecular formula is C21H29N3O3. The van der Waals surface area contributed by atoms with E-state index < -0.39 is 0 Å². The standard InChI is InChI=1S/C21H29N3O3/c1-16-6-2-3-7-18(16)21(27)24-14-9-17(10-15-24)20(26)22-11-8-19(25)23-12-4-5-13-23/h2-3,6-7,17H,4-5,8-15H2,1H3,(H,22,26). The Morgan fingerprint density at radius 2 is 1.67 bits per heavy atom. The van der Waals surface area contributed by atoms with Crippen molar-refractivity contribution in [1.82, 2.24) is 15.1 Å². The first-order valence-corrected chi connectivity index (χ1v) is 9.96. The summed E-state index contributed by atoms with van der Waals surface area (Å²) in [7, 11) is 0. The van der Waals surface area contributed by atoms with Crippen LogP contribution in [-0.4, -0.2) is 60.2 Å². The van der Waals surface area contributed by atoms with Crippen molar-refractivity contribution in [2.75, 3.05) is 32.7 Å². The summed E-state index contributed by atoms with van der Waals surface area (Å²) in [6.07, 6.45) is 3.87. The molecule has 0 radical (unpaired) electrons. The molecule has 3 rings (SSSR count). The number of hydrogen-bond donors (Lipinski definition) is 1. The molecule has 146 valence electrons. The molecule has 0 unspecified atom stereocenters. The molecule has 2 fully saturated rings. The van der Waals surface area contributed by atoms with E-state index in [0.717, 1.165) is 37.1 Å². The van der Waals surface area contributed by atoms with E-state index in [1.807, 2.05) is 41.0 Å². The van der Waals surface area contributed by atoms with Crippen molar-refractivity contribution in [3.63, 3.8) is 0 Å². The van der Waals surface area contributed by atoms with Crippen molar-refractivity contribution in [3.05, 3.63) is 35.4 Å². The lowest BCUT2D eigenvalue weighted by molar-refractivity contribution is -0.130. The Hall–Kier alpha value is -2.37. The maximum absolute atomic E-state index is 12.7. The average molecular weight is 371 g/mol. The van der Waals surface area contributed by atoms with Crippen molar-refractivity contribution in [3.8, 4) is 0 Å². The molecule has 27 heavy (non-hydrogen) atoms. The van der Waals surface area contributed by atoms with E-state index in [0.29, 0.717) is 38.9 Å². The third kappa shape index (κ3) is 4.87. The van der Waals surface area contributed by atoms with E-state index in [1.165, 1.54) is 0 Å². The quantitative estimate of drug-likeness (QED) is 0.860. The second-order valence-corrected chi connectivity index (χ2v) is 7.51. The molecule has 6 heteroatoms. The summed E-state index contributed by atoms with van der Waals surface area (Å²) in [5.41, 5.74) is 1.71. The van der Waals surface area contributed by atoms with Gasteiger partial charge in [-0.05, 0) is 44.2 Å². The molecule has 0 saturated carbocycles. The Balaban J connectivity index is 1.40. The first kappa shape index (κ1) is 19.4. The van der Waals surface area contributed by atoms with Crippen molar-refractivity contribution in [1.29, 1.82) is 0 Å². The van der Waals surface area contributed by atoms with Gasteiger partial charge in [0.15, 0.2) is 0 Å². The number of nitrogens with zero attached hydrogens (tertiary/aromatic N) is 2. The topological polar surface area (TPSA) is 69.7 Å². The zero-order valence-corrected chi connectivity index (χ0v) is 16.1. The molecule has 2 aliphatic heterocycles. The minimum absolute atomic E-state index is 0.00668. The molecule has 1 aromatic rings. The van der Waals surface area contributed by atoms with E-state index in [-0.39, 0.29) is 23.6 Å². The number of carbonyl (C=O) groups excluding carboxylic acids is 3. The lowest BCUT2D eigenvalue weighted by Crippen LogP contribution is -2.43. The predicted octanol–water partition coefficient (Wildman–Crippen LogP) is 1.98. The van der Waals surface area contributed by atoms with E-state index in [4.69, 9.17) is 0 Å². The van der Waals surface area contributed by atoms with Gasteiger partial charge in [-0.15, -0.1) is 0 Å². The largest absolute Gasteiger partial charge is 0.355 e. The summed E-state index contributed by atoms with van der Waals surface area (Å²) < 4.78 is 0. The van der Waals surface area contributed by atoms with Gasteiger partial charge < -0.3 is 15.1 Å². The van der Waals surface area contributed by atoms with Gasteiger partial charge in [0.25, 0.3) is 5.91 Å². The summed E-state index contributed by atoms with van der Waals surface area (Å²) in [5, 5.41) is 2.90. The van der Waals surface area contributed by atoms with Crippen molar-refractivity contribution < 1.29 is 14.4 Å². The van der Waals surface area contributed by atoms with Gasteiger partial charge in [0.05, 0.1) is 0 Å². The molecule has 1 N–H and O–H groups in total. The molecule has 2 heterocycles. The number of hydrogen-bond acceptors (Lipinski definition) is 3. The van der Waals surface area contributed by atoms with Crippen LogP contribution in [0.5, 0.6) is 0 Å². The van der Waals surface area contributed by atoms with Gasteiger partial charge >= 0.3 is 0 Å². The van der Waals surface area contributed by atoms with Crippen LogP contribution in [0.25, 0.3) is 0 Å². The third-order valence-corrected chi connectivity index (χ3v) is 5.63. The van der Waals surface area contributed by atoms with Crippen LogP contribution < -0.4 is 5.32 Å². The highest BCUT2D eigenvalue weighted by molar-refractivity contribution is 5.95. The summed E-state index contributed by atoms with van der Waals surface area (Å²) in [6.45, 7) is 5.23. The molecular weight excluding hydrogens is 342 g/mol. The molecule has 0 spiro atoms. The highest BCUT2D eigenvalue weighted by atomic mass is 16.2. The number of carbonyl (C=O) groups is 3. The van der Waals surface area contributed by atoms with E-state index in [1.54, 1.807) is 0 Å². The van der Waals surface area contributed by atoms with Gasteiger partial charge in [0.2, 0.25) is 11.8 Å². The predicted molar refractivity (Wildman–Crippen MR) is 103 cm³/mol. The summed E-state index contributed by atoms with van der Waals surface area (Å²) >= 11 is 0. The fraction of sp³-hybridized carbons (Fsp3) is 0.571. The molecule has 0 aromatic heterocycles. The molecule has 3 amide bonds. The highest BCUT2D eigenvalue weighted by Gasteiger charge is 2.28. The van der Waals surface area contributed by atoms with Gasteiger partial charge in [0.1, 0.15) is 0 Å². The smallest absolute Gasteiger partial charge is 0.254 e. The van der Waals surface area contributed by atoms with Crippen LogP contribution in [-0.2, 0) is 9.59 Å². The second-order valence-electron chi connectivity index (χ2n) is 7.51. The molecule has 6 nitrogen and oxygen atoms in total. The second kappa shape index (κ2) is 9.02. The van der Waals surface area contributed by atoms with Crippen LogP contribution in [0.4, 0.5) is 0 Å². The van der Waals surface area contributed by atoms with Crippen LogP contribution in [0, 0.1) is 12.8 Å². The molecule has 2 aliphatic rings. The van der Waals surface area contributed by atoms with Crippen LogP contribution in [0.3, 0.4) is 0 Å². The number of rotatable bonds is 5. The van der Waals surface area contributed by atoms with Crippen LogP contribution >= 0.6 is 0 Å². The summed E-state index contributed by atoms with van der Waals surface area (Å²) in [4.78, 5) is 40.7. The first-order valence-electron chi connectivity index (χ1n) is 9.96. The van der Waals surface area contributed by atoms with Crippen molar-refractivity contribution >= 4 is 17.7 Å². The third-order valence-electron chi connectivity index (χ3n) is 5.63. The molecule has 1 aromatic carbocycles. The van der Waals surface area contributed by atoms with Crippen LogP contribution in [0.2, 0.25) is 0 Å². The van der Waals surface area contributed by atoms with Crippen LogP contribution in [0.1, 0.15) is 48.0 Å². The Morgan fingerprint density at radius 3 is 2.33 bits per heavy atom. The number of aryl methyl sites for hydroxylation is 1. The zero-order chi connectivity index (χ0) is 19.2. The number of nitrogens with one attached hydrogen (secondary N) is 1. The SMILES string of the molecule is Cc1ccccc1C(=O)N1CCC(C(=O)NCCC(=O)N2CCCC2)CC1. The van der Waals surface area contributed by atoms with E-state index in [9.17, 15) is 14.4 Å². The first-order chi connectivity index (χ1) is 13.1. The summed E-state index contributed by atoms with van der Waals surface area (Å²) in [5.74, 6) is 0.106. The molecule has 2 saturated heterocycles. The molecule has 0 bridgehead atoms. The van der Waals surface area contributed by atoms with Gasteiger partial charge in [-0.25, -0.2) is 0 Å². The van der Waals surface area contributed by atoms with E-state index >= 15 is 0 Å². The number of likely N-dealkylation sites (tertiary alicyclic amines) is 2. The highest BCUT2D eigenvalue weighted by Crippen LogP contribution is 2.20. The molecule has 0 atom stereocenters. The normalized spacial score (nSPS) is 17.8. The minimum Gasteiger partial charge on any atom is -0.355 e. The van der Waals surface area contributed by atoms with Crippen molar-refractivity contribution in [2.24, 2.45) is 5.92 Å². The van der Waals surface area contributed by atoms with Gasteiger partial charge in [-0.2, -0.15) is 0 Å². The fourth-order valence-electron chi connectivity index (χ4n) is 3.89. The monoisotopic (exact) mass is 371 g/mol. The Bertz CT molecular complexity index is 690. The number of piperidine rings is 1. The maximum atomic E-state index is 12.7. The Labute approximate surface area is 160 Å². The summed E-state index contributed by atoms with van der Waals surface area (Å²) in [6, 6.07) is 7.60. The molecule has 0 aliphatic carbocycles. The zero-order valence-electron chi connectivity index (χ0n) is 16.1. The van der Waals surface area contributed by atoms with Crippen molar-refractivity contribution in [2.45, 2.75) is 39.0 Å². The number of amides is 3. The Morgan fingerprint density at radius 1 is 1.00 bits per heavy atom. The Kier molecular flexibility index (Phi) is 6.48. The lowest BCUT2D eigenvalue weighted by atomic mass is 9.95. The van der Waals surface area contributed by atoms with Crippen LogP contribution in [0.15, 0.2) is 24.3 Å². The lowest BCUT2D eigenvalue weighted by Gasteiger charge is -2.31. The van der Waals surface area contributed by atoms with E-state index in [2.05, 4.69) is 5.32 Å².